The highest BCUT2D eigenvalue weighted by Gasteiger charge is 2.41. The molecule has 0 aliphatic carbocycles. The number of hydrogen-bond donors (Lipinski definition) is 1. The van der Waals surface area contributed by atoms with Crippen LogP contribution in [0.5, 0.6) is 0 Å². The summed E-state index contributed by atoms with van der Waals surface area (Å²) in [6.07, 6.45) is 11.8. The average molecular weight is 369 g/mol. The molecular formula is C22H40O4. The van der Waals surface area contributed by atoms with Crippen LogP contribution < -0.4 is 0 Å². The van der Waals surface area contributed by atoms with Crippen molar-refractivity contribution in [3.8, 4) is 0 Å². The third-order valence-corrected chi connectivity index (χ3v) is 5.99. The molecule has 1 aliphatic heterocycles. The van der Waals surface area contributed by atoms with Crippen LogP contribution in [0.1, 0.15) is 98.8 Å². The third-order valence-electron chi connectivity index (χ3n) is 5.99. The van der Waals surface area contributed by atoms with Gasteiger partial charge in [0.2, 0.25) is 0 Å². The smallest absolute Gasteiger partial charge is 0.306 e. The molecule has 26 heavy (non-hydrogen) atoms. The van der Waals surface area contributed by atoms with Crippen LogP contribution in [-0.4, -0.2) is 22.8 Å². The second-order valence-electron chi connectivity index (χ2n) is 7.88. The second kappa shape index (κ2) is 11.8. The summed E-state index contributed by atoms with van der Waals surface area (Å²) in [6, 6.07) is 0. The quantitative estimate of drug-likeness (QED) is 0.324. The fourth-order valence-electron chi connectivity index (χ4n) is 4.01. The van der Waals surface area contributed by atoms with Crippen LogP contribution in [0, 0.1) is 11.8 Å². The standard InChI is InChI=1S/C22H40O4/c1-6-11-12-17(7-2)13-18(8-3)15-22(10-5)16-19(9-4)20(25-26-22)14-21(23)24/h15,17,19-20H,6-14,16H2,1-5H3,(H,23,24). The number of hydrogen-bond acceptors (Lipinski definition) is 3. The van der Waals surface area contributed by atoms with E-state index in [0.717, 1.165) is 38.0 Å². The summed E-state index contributed by atoms with van der Waals surface area (Å²) in [5.74, 6) is 0.130. The van der Waals surface area contributed by atoms with E-state index < -0.39 is 11.6 Å². The summed E-state index contributed by atoms with van der Waals surface area (Å²) in [5.41, 5.74) is 1.04. The molecule has 4 unspecified atom stereocenters. The fourth-order valence-corrected chi connectivity index (χ4v) is 4.01. The summed E-state index contributed by atoms with van der Waals surface area (Å²) in [6.45, 7) is 11.0. The fraction of sp³-hybridized carbons (Fsp3) is 0.864. The van der Waals surface area contributed by atoms with E-state index >= 15 is 0 Å². The van der Waals surface area contributed by atoms with E-state index in [1.807, 2.05) is 0 Å². The summed E-state index contributed by atoms with van der Waals surface area (Å²) in [7, 11) is 0. The molecule has 1 saturated heterocycles. The van der Waals surface area contributed by atoms with E-state index in [9.17, 15) is 4.79 Å². The Morgan fingerprint density at radius 2 is 2.00 bits per heavy atom. The molecule has 1 N–H and O–H groups in total. The highest BCUT2D eigenvalue weighted by Crippen LogP contribution is 2.39. The first kappa shape index (κ1) is 23.2. The van der Waals surface area contributed by atoms with E-state index in [1.54, 1.807) is 0 Å². The Labute approximate surface area is 160 Å². The van der Waals surface area contributed by atoms with Gasteiger partial charge in [-0.15, -0.1) is 0 Å². The van der Waals surface area contributed by atoms with Gasteiger partial charge in [0.25, 0.3) is 0 Å². The minimum atomic E-state index is -0.826. The van der Waals surface area contributed by atoms with Crippen molar-refractivity contribution in [2.75, 3.05) is 0 Å². The number of carboxylic acids is 1. The topological polar surface area (TPSA) is 55.8 Å². The Hall–Kier alpha value is -0.870. The molecule has 1 aliphatic rings. The van der Waals surface area contributed by atoms with Crippen LogP contribution >= 0.6 is 0 Å². The van der Waals surface area contributed by atoms with Crippen molar-refractivity contribution in [2.45, 2.75) is 111 Å². The predicted molar refractivity (Wildman–Crippen MR) is 106 cm³/mol. The zero-order chi connectivity index (χ0) is 19.6. The molecule has 4 nitrogen and oxygen atoms in total. The van der Waals surface area contributed by atoms with Gasteiger partial charge in [-0.3, -0.25) is 4.79 Å². The monoisotopic (exact) mass is 368 g/mol. The van der Waals surface area contributed by atoms with Crippen LogP contribution in [0.15, 0.2) is 11.6 Å². The van der Waals surface area contributed by atoms with Gasteiger partial charge in [0.1, 0.15) is 11.7 Å². The zero-order valence-electron chi connectivity index (χ0n) is 17.6. The molecule has 4 atom stereocenters. The van der Waals surface area contributed by atoms with E-state index in [-0.39, 0.29) is 18.4 Å². The number of rotatable bonds is 12. The number of carboxylic acid groups (broad SMARTS) is 1. The summed E-state index contributed by atoms with van der Waals surface area (Å²) >= 11 is 0. The second-order valence-corrected chi connectivity index (χ2v) is 7.88. The number of allylic oxidation sites excluding steroid dienone is 1. The highest BCUT2D eigenvalue weighted by atomic mass is 17.2. The molecule has 4 heteroatoms. The van der Waals surface area contributed by atoms with Crippen molar-refractivity contribution in [3.63, 3.8) is 0 Å². The van der Waals surface area contributed by atoms with Crippen LogP contribution in [-0.2, 0) is 14.6 Å². The Kier molecular flexibility index (Phi) is 10.5. The molecule has 1 heterocycles. The van der Waals surface area contributed by atoms with Crippen LogP contribution in [0.25, 0.3) is 0 Å². The van der Waals surface area contributed by atoms with Crippen molar-refractivity contribution in [1.29, 1.82) is 0 Å². The lowest BCUT2D eigenvalue weighted by molar-refractivity contribution is -0.409. The zero-order valence-corrected chi connectivity index (χ0v) is 17.6. The summed E-state index contributed by atoms with van der Waals surface area (Å²) in [4.78, 5) is 22.5. The van der Waals surface area contributed by atoms with Gasteiger partial charge in [-0.1, -0.05) is 78.4 Å². The molecule has 0 amide bonds. The highest BCUT2D eigenvalue weighted by molar-refractivity contribution is 5.67. The largest absolute Gasteiger partial charge is 0.481 e. The maximum atomic E-state index is 11.1. The summed E-state index contributed by atoms with van der Waals surface area (Å²) < 4.78 is 0. The van der Waals surface area contributed by atoms with E-state index in [0.29, 0.717) is 0 Å². The average Bonchev–Trinajstić information content (AvgIpc) is 2.65. The van der Waals surface area contributed by atoms with Crippen LogP contribution in [0.4, 0.5) is 0 Å². The first-order chi connectivity index (χ1) is 12.4. The lowest BCUT2D eigenvalue weighted by Gasteiger charge is -2.41. The normalized spacial score (nSPS) is 28.1. The van der Waals surface area contributed by atoms with E-state index in [1.165, 1.54) is 31.3 Å². The van der Waals surface area contributed by atoms with Crippen LogP contribution in [0.2, 0.25) is 0 Å². The minimum absolute atomic E-state index is 0.0115. The first-order valence-electron chi connectivity index (χ1n) is 10.7. The molecule has 0 spiro atoms. The lowest BCUT2D eigenvalue weighted by atomic mass is 9.79. The van der Waals surface area contributed by atoms with Crippen molar-refractivity contribution >= 4 is 5.97 Å². The predicted octanol–water partition coefficient (Wildman–Crippen LogP) is 6.30. The Bertz CT molecular complexity index is 445. The summed E-state index contributed by atoms with van der Waals surface area (Å²) in [5, 5.41) is 9.10. The van der Waals surface area contributed by atoms with E-state index in [2.05, 4.69) is 40.7 Å². The van der Waals surface area contributed by atoms with E-state index in [4.69, 9.17) is 14.9 Å². The molecule has 0 aromatic carbocycles. The van der Waals surface area contributed by atoms with Gasteiger partial charge in [-0.2, -0.15) is 0 Å². The first-order valence-corrected chi connectivity index (χ1v) is 10.7. The van der Waals surface area contributed by atoms with Gasteiger partial charge in [0.15, 0.2) is 0 Å². The van der Waals surface area contributed by atoms with Gasteiger partial charge in [0, 0.05) is 0 Å². The Morgan fingerprint density at radius 3 is 2.50 bits per heavy atom. The van der Waals surface area contributed by atoms with Gasteiger partial charge in [0.05, 0.1) is 6.42 Å². The SMILES string of the molecule is CCCCC(CC)CC(=CC1(CC)CC(CC)C(CC(=O)O)OO1)CC. The van der Waals surface area contributed by atoms with Gasteiger partial charge in [-0.25, -0.2) is 9.78 Å². The molecule has 0 saturated carbocycles. The van der Waals surface area contributed by atoms with Crippen molar-refractivity contribution in [2.24, 2.45) is 11.8 Å². The molecule has 0 aromatic heterocycles. The molecule has 0 radical (unpaired) electrons. The molecular weight excluding hydrogens is 328 g/mol. The number of unbranched alkanes of at least 4 members (excludes halogenated alkanes) is 1. The molecule has 0 aromatic rings. The number of carbonyl (C=O) groups is 1. The third kappa shape index (κ3) is 7.03. The molecule has 1 fully saturated rings. The Morgan fingerprint density at radius 1 is 1.27 bits per heavy atom. The maximum Gasteiger partial charge on any atom is 0.306 e. The van der Waals surface area contributed by atoms with Crippen molar-refractivity contribution < 1.29 is 19.7 Å². The van der Waals surface area contributed by atoms with Crippen molar-refractivity contribution in [1.82, 2.24) is 0 Å². The Balaban J connectivity index is 2.89. The van der Waals surface area contributed by atoms with Gasteiger partial charge in [-0.05, 0) is 37.5 Å². The van der Waals surface area contributed by atoms with Crippen molar-refractivity contribution in [3.05, 3.63) is 11.6 Å². The van der Waals surface area contributed by atoms with Gasteiger partial charge < -0.3 is 5.11 Å². The molecule has 152 valence electrons. The maximum absolute atomic E-state index is 11.1. The minimum Gasteiger partial charge on any atom is -0.481 e. The number of aliphatic carboxylic acids is 1. The molecule has 0 bridgehead atoms. The van der Waals surface area contributed by atoms with Crippen LogP contribution in [0.3, 0.4) is 0 Å². The lowest BCUT2D eigenvalue weighted by Crippen LogP contribution is -2.44. The van der Waals surface area contributed by atoms with Gasteiger partial charge >= 0.3 is 5.97 Å². The molecule has 1 rings (SSSR count).